The summed E-state index contributed by atoms with van der Waals surface area (Å²) in [5.74, 6) is 0.679. The Labute approximate surface area is 162 Å². The smallest absolute Gasteiger partial charge is 0.245 e. The number of hydrogen-bond acceptors (Lipinski definition) is 3. The second kappa shape index (κ2) is 6.12. The van der Waals surface area contributed by atoms with Crippen molar-refractivity contribution in [1.82, 2.24) is 14.8 Å². The van der Waals surface area contributed by atoms with Crippen LogP contribution in [0, 0.1) is 0 Å². The molecule has 0 aliphatic carbocycles. The molecule has 0 bridgehead atoms. The number of carbonyl (C=O) groups is 2. The molecule has 28 heavy (non-hydrogen) atoms. The van der Waals surface area contributed by atoms with Gasteiger partial charge in [0.15, 0.2) is 0 Å². The predicted octanol–water partition coefficient (Wildman–Crippen LogP) is 2.49. The first kappa shape index (κ1) is 16.9. The van der Waals surface area contributed by atoms with Crippen LogP contribution in [-0.2, 0) is 16.0 Å². The van der Waals surface area contributed by atoms with Crippen LogP contribution in [0.2, 0.25) is 0 Å². The highest BCUT2D eigenvalue weighted by Crippen LogP contribution is 2.42. The number of H-pyrrole nitrogens is 1. The van der Waals surface area contributed by atoms with Gasteiger partial charge < -0.3 is 19.5 Å². The number of piperazine rings is 1. The van der Waals surface area contributed by atoms with Gasteiger partial charge in [-0.25, -0.2) is 0 Å². The van der Waals surface area contributed by atoms with E-state index in [4.69, 9.17) is 4.74 Å². The van der Waals surface area contributed by atoms with Gasteiger partial charge in [0, 0.05) is 30.1 Å². The van der Waals surface area contributed by atoms with E-state index in [1.165, 1.54) is 4.90 Å². The maximum Gasteiger partial charge on any atom is 0.245 e. The van der Waals surface area contributed by atoms with Crippen molar-refractivity contribution in [2.45, 2.75) is 18.5 Å². The predicted molar refractivity (Wildman–Crippen MR) is 105 cm³/mol. The molecule has 1 fully saturated rings. The highest BCUT2D eigenvalue weighted by atomic mass is 16.5. The van der Waals surface area contributed by atoms with E-state index in [0.29, 0.717) is 6.42 Å². The molecule has 3 heterocycles. The minimum absolute atomic E-state index is 0.0107. The Morgan fingerprint density at radius 2 is 1.93 bits per heavy atom. The topological polar surface area (TPSA) is 65.6 Å². The Kier molecular flexibility index (Phi) is 3.69. The highest BCUT2D eigenvalue weighted by molar-refractivity contribution is 5.97. The van der Waals surface area contributed by atoms with Crippen LogP contribution in [0.15, 0.2) is 48.5 Å². The highest BCUT2D eigenvalue weighted by Gasteiger charge is 2.47. The number of fused-ring (bicyclic) bond motifs is 4. The fourth-order valence-corrected chi connectivity index (χ4v) is 4.56. The molecule has 2 aliphatic rings. The van der Waals surface area contributed by atoms with Crippen molar-refractivity contribution in [2.24, 2.45) is 0 Å². The van der Waals surface area contributed by atoms with Crippen molar-refractivity contribution in [1.29, 1.82) is 0 Å². The summed E-state index contributed by atoms with van der Waals surface area (Å²) < 4.78 is 5.40. The second-order valence-corrected chi connectivity index (χ2v) is 7.46. The number of rotatable bonds is 2. The van der Waals surface area contributed by atoms with Crippen molar-refractivity contribution >= 4 is 22.7 Å². The largest absolute Gasteiger partial charge is 0.497 e. The van der Waals surface area contributed by atoms with Gasteiger partial charge in [-0.05, 0) is 29.3 Å². The first-order chi connectivity index (χ1) is 13.6. The van der Waals surface area contributed by atoms with Gasteiger partial charge >= 0.3 is 0 Å². The molecule has 6 nitrogen and oxygen atoms in total. The molecule has 0 saturated carbocycles. The van der Waals surface area contributed by atoms with E-state index in [1.807, 2.05) is 42.5 Å². The molecule has 0 spiro atoms. The minimum Gasteiger partial charge on any atom is -0.497 e. The average Bonchev–Trinajstić information content (AvgIpc) is 3.09. The summed E-state index contributed by atoms with van der Waals surface area (Å²) in [6.45, 7) is 0.103. The molecule has 142 valence electrons. The first-order valence-corrected chi connectivity index (χ1v) is 9.38. The number of methoxy groups -OCH3 is 1. The molecule has 1 aromatic heterocycles. The number of amides is 2. The summed E-state index contributed by atoms with van der Waals surface area (Å²) in [5.41, 5.74) is 4.05. The van der Waals surface area contributed by atoms with Gasteiger partial charge in [0.25, 0.3) is 0 Å². The summed E-state index contributed by atoms with van der Waals surface area (Å²) in [7, 11) is 3.32. The Morgan fingerprint density at radius 3 is 2.75 bits per heavy atom. The number of likely N-dealkylation sites (N-methyl/N-ethyl adjacent to an activating group) is 1. The lowest BCUT2D eigenvalue weighted by molar-refractivity contribution is -0.157. The lowest BCUT2D eigenvalue weighted by Crippen LogP contribution is -2.62. The van der Waals surface area contributed by atoms with Crippen LogP contribution >= 0.6 is 0 Å². The molecule has 5 rings (SSSR count). The minimum atomic E-state index is -0.492. The molecule has 2 amide bonds. The summed E-state index contributed by atoms with van der Waals surface area (Å²) in [6, 6.07) is 15.0. The fraction of sp³-hybridized carbons (Fsp3) is 0.273. The zero-order valence-corrected chi connectivity index (χ0v) is 15.8. The number of benzene rings is 2. The SMILES string of the molecule is COc1cccc([C@H]2c3[nH]c4ccccc4c3C[C@@H]3C(=O)N(C)CC(=O)N23)c1. The number of para-hydroxylation sites is 1. The summed E-state index contributed by atoms with van der Waals surface area (Å²) in [4.78, 5) is 32.8. The zero-order valence-electron chi connectivity index (χ0n) is 15.8. The van der Waals surface area contributed by atoms with Crippen LogP contribution < -0.4 is 4.74 Å². The Balaban J connectivity index is 1.76. The van der Waals surface area contributed by atoms with Crippen LogP contribution in [0.5, 0.6) is 5.75 Å². The normalized spacial score (nSPS) is 21.6. The Bertz CT molecular complexity index is 1100. The van der Waals surface area contributed by atoms with Gasteiger partial charge in [-0.2, -0.15) is 0 Å². The lowest BCUT2D eigenvalue weighted by atomic mass is 9.86. The van der Waals surface area contributed by atoms with E-state index < -0.39 is 6.04 Å². The molecule has 1 saturated heterocycles. The van der Waals surface area contributed by atoms with Crippen LogP contribution in [0.4, 0.5) is 0 Å². The number of nitrogens with zero attached hydrogens (tertiary/aromatic N) is 2. The van der Waals surface area contributed by atoms with E-state index >= 15 is 0 Å². The second-order valence-electron chi connectivity index (χ2n) is 7.46. The van der Waals surface area contributed by atoms with Crippen molar-refractivity contribution in [3.05, 3.63) is 65.4 Å². The van der Waals surface area contributed by atoms with Crippen molar-refractivity contribution < 1.29 is 14.3 Å². The Morgan fingerprint density at radius 1 is 1.11 bits per heavy atom. The van der Waals surface area contributed by atoms with E-state index in [9.17, 15) is 9.59 Å². The molecule has 2 aliphatic heterocycles. The van der Waals surface area contributed by atoms with E-state index in [2.05, 4.69) is 11.1 Å². The van der Waals surface area contributed by atoms with Gasteiger partial charge in [0.05, 0.1) is 19.7 Å². The number of nitrogens with one attached hydrogen (secondary N) is 1. The first-order valence-electron chi connectivity index (χ1n) is 9.38. The lowest BCUT2D eigenvalue weighted by Gasteiger charge is -2.46. The number of aromatic amines is 1. The van der Waals surface area contributed by atoms with E-state index in [1.54, 1.807) is 19.1 Å². The van der Waals surface area contributed by atoms with Crippen molar-refractivity contribution in [3.8, 4) is 5.75 Å². The number of carbonyl (C=O) groups excluding carboxylic acids is 2. The number of hydrogen-bond donors (Lipinski definition) is 1. The Hall–Kier alpha value is -3.28. The van der Waals surface area contributed by atoms with Gasteiger partial charge in [0.1, 0.15) is 11.8 Å². The molecule has 1 N–H and O–H groups in total. The van der Waals surface area contributed by atoms with Crippen LogP contribution in [0.25, 0.3) is 10.9 Å². The molecule has 0 radical (unpaired) electrons. The molecule has 3 aromatic rings. The van der Waals surface area contributed by atoms with Gasteiger partial charge in [-0.3, -0.25) is 9.59 Å². The molecular weight excluding hydrogens is 354 g/mol. The molecular formula is C22H21N3O3. The van der Waals surface area contributed by atoms with E-state index in [0.717, 1.165) is 33.5 Å². The maximum absolute atomic E-state index is 13.0. The summed E-state index contributed by atoms with van der Waals surface area (Å²) >= 11 is 0. The van der Waals surface area contributed by atoms with Gasteiger partial charge in [0.2, 0.25) is 11.8 Å². The molecule has 2 atom stereocenters. The van der Waals surface area contributed by atoms with E-state index in [-0.39, 0.29) is 24.4 Å². The summed E-state index contributed by atoms with van der Waals surface area (Å²) in [6.07, 6.45) is 0.523. The maximum atomic E-state index is 13.0. The van der Waals surface area contributed by atoms with Gasteiger partial charge in [-0.15, -0.1) is 0 Å². The van der Waals surface area contributed by atoms with Crippen LogP contribution in [0.1, 0.15) is 22.9 Å². The monoisotopic (exact) mass is 375 g/mol. The van der Waals surface area contributed by atoms with Crippen molar-refractivity contribution in [2.75, 3.05) is 20.7 Å². The standard InChI is InChI=1S/C22H21N3O3/c1-24-12-19(26)25-18(22(24)27)11-16-15-8-3-4-9-17(15)23-20(16)21(25)13-6-5-7-14(10-13)28-2/h3-10,18,21,23H,11-12H2,1-2H3/t18-,21+/m1/s1. The summed E-state index contributed by atoms with van der Waals surface area (Å²) in [5, 5.41) is 1.11. The quantitative estimate of drug-likeness (QED) is 0.748. The molecule has 6 heteroatoms. The average molecular weight is 375 g/mol. The molecule has 0 unspecified atom stereocenters. The third-order valence-electron chi connectivity index (χ3n) is 5.86. The third kappa shape index (κ3) is 2.34. The number of aromatic nitrogens is 1. The fourth-order valence-electron chi connectivity index (χ4n) is 4.56. The number of ether oxygens (including phenoxy) is 1. The van der Waals surface area contributed by atoms with Gasteiger partial charge in [-0.1, -0.05) is 30.3 Å². The third-order valence-corrected chi connectivity index (χ3v) is 5.86. The van der Waals surface area contributed by atoms with Crippen LogP contribution in [-0.4, -0.2) is 53.3 Å². The van der Waals surface area contributed by atoms with Crippen LogP contribution in [0.3, 0.4) is 0 Å². The van der Waals surface area contributed by atoms with Crippen molar-refractivity contribution in [3.63, 3.8) is 0 Å². The zero-order chi connectivity index (χ0) is 19.4. The molecule has 2 aromatic carbocycles.